The van der Waals surface area contributed by atoms with Crippen molar-refractivity contribution in [2.24, 2.45) is 5.10 Å². The fourth-order valence-electron chi connectivity index (χ4n) is 2.53. The summed E-state index contributed by atoms with van der Waals surface area (Å²) >= 11 is 0. The van der Waals surface area contributed by atoms with Gasteiger partial charge < -0.3 is 0 Å². The molecule has 1 N–H and O–H groups in total. The van der Waals surface area contributed by atoms with Crippen LogP contribution >= 0.6 is 12.4 Å². The molecule has 0 bridgehead atoms. The van der Waals surface area contributed by atoms with Crippen LogP contribution in [0, 0.1) is 11.6 Å². The zero-order valence-corrected chi connectivity index (χ0v) is 14.3. The summed E-state index contributed by atoms with van der Waals surface area (Å²) in [7, 11) is 0. The number of hydrogen-bond donors (Lipinski definition) is 1. The first-order chi connectivity index (χ1) is 12.2. The van der Waals surface area contributed by atoms with Crippen molar-refractivity contribution >= 4 is 29.6 Å². The third-order valence-corrected chi connectivity index (χ3v) is 3.77. The Hall–Kier alpha value is -3.12. The molecule has 0 spiro atoms. The van der Waals surface area contributed by atoms with Crippen LogP contribution in [0.2, 0.25) is 0 Å². The molecule has 0 amide bonds. The third-order valence-electron chi connectivity index (χ3n) is 3.77. The average Bonchev–Trinajstić information content (AvgIpc) is 3.09. The van der Waals surface area contributed by atoms with Gasteiger partial charge in [0.25, 0.3) is 0 Å². The van der Waals surface area contributed by atoms with Crippen LogP contribution in [0.1, 0.15) is 5.56 Å². The van der Waals surface area contributed by atoms with Crippen molar-refractivity contribution in [3.05, 3.63) is 96.1 Å². The SMILES string of the molecule is Cl.Fc1ccc(N2N=C(c3ccccc3)NN2c2ccc(F)cc2)cc1. The number of hydrogen-bond acceptors (Lipinski definition) is 4. The van der Waals surface area contributed by atoms with E-state index in [1.807, 2.05) is 30.3 Å². The van der Waals surface area contributed by atoms with E-state index in [1.165, 1.54) is 24.3 Å². The van der Waals surface area contributed by atoms with Gasteiger partial charge in [-0.25, -0.2) is 8.78 Å². The summed E-state index contributed by atoms with van der Waals surface area (Å²) in [5.41, 5.74) is 5.47. The first-order valence-electron chi connectivity index (χ1n) is 7.73. The lowest BCUT2D eigenvalue weighted by Crippen LogP contribution is -2.44. The summed E-state index contributed by atoms with van der Waals surface area (Å²) in [6, 6.07) is 21.7. The molecule has 0 fully saturated rings. The number of amidine groups is 1. The molecular formula is C19H15ClF2N4. The molecule has 0 saturated carbocycles. The minimum absolute atomic E-state index is 0. The maximum absolute atomic E-state index is 13.3. The number of hydrazone groups is 1. The maximum atomic E-state index is 13.3. The maximum Gasteiger partial charge on any atom is 0.176 e. The highest BCUT2D eigenvalue weighted by atomic mass is 35.5. The number of benzene rings is 3. The van der Waals surface area contributed by atoms with Crippen LogP contribution in [-0.4, -0.2) is 5.84 Å². The molecule has 0 radical (unpaired) electrons. The molecule has 4 rings (SSSR count). The van der Waals surface area contributed by atoms with Gasteiger partial charge in [-0.2, -0.15) is 10.2 Å². The molecule has 0 saturated heterocycles. The van der Waals surface area contributed by atoms with E-state index in [0.717, 1.165) is 5.56 Å². The van der Waals surface area contributed by atoms with Crippen LogP contribution in [0.15, 0.2) is 84.0 Å². The largest absolute Gasteiger partial charge is 0.259 e. The van der Waals surface area contributed by atoms with Crippen molar-refractivity contribution in [3.8, 4) is 0 Å². The summed E-state index contributed by atoms with van der Waals surface area (Å²) in [5, 5.41) is 7.87. The van der Waals surface area contributed by atoms with E-state index in [0.29, 0.717) is 17.2 Å². The lowest BCUT2D eigenvalue weighted by Gasteiger charge is -2.27. The zero-order valence-electron chi connectivity index (χ0n) is 13.5. The molecule has 26 heavy (non-hydrogen) atoms. The van der Waals surface area contributed by atoms with Gasteiger partial charge in [0.05, 0.1) is 11.4 Å². The topological polar surface area (TPSA) is 30.9 Å². The molecule has 1 aliphatic rings. The number of anilines is 2. The monoisotopic (exact) mass is 372 g/mol. The molecule has 7 heteroatoms. The molecular weight excluding hydrogens is 358 g/mol. The third kappa shape index (κ3) is 3.45. The van der Waals surface area contributed by atoms with Gasteiger partial charge in [0.2, 0.25) is 0 Å². The quantitative estimate of drug-likeness (QED) is 0.734. The van der Waals surface area contributed by atoms with Crippen LogP contribution in [-0.2, 0) is 0 Å². The van der Waals surface area contributed by atoms with Crippen LogP contribution in [0.25, 0.3) is 0 Å². The standard InChI is InChI=1S/C19H14F2N4.ClH/c20-15-6-10-17(11-7-15)24-22-19(14-4-2-1-3-5-14)23-25(24)18-12-8-16(21)9-13-18;/h1-13H,(H,22,23);1H. The molecule has 1 heterocycles. The molecule has 1 aliphatic heterocycles. The predicted octanol–water partition coefficient (Wildman–Crippen LogP) is 4.49. The van der Waals surface area contributed by atoms with Crippen molar-refractivity contribution in [3.63, 3.8) is 0 Å². The minimum atomic E-state index is -0.323. The molecule has 0 aliphatic carbocycles. The first kappa shape index (κ1) is 17.7. The van der Waals surface area contributed by atoms with Gasteiger partial charge in [0, 0.05) is 5.56 Å². The van der Waals surface area contributed by atoms with E-state index in [9.17, 15) is 8.78 Å². The Bertz CT molecular complexity index is 899. The fourth-order valence-corrected chi connectivity index (χ4v) is 2.53. The van der Waals surface area contributed by atoms with Crippen molar-refractivity contribution in [1.82, 2.24) is 5.43 Å². The summed E-state index contributed by atoms with van der Waals surface area (Å²) in [6.45, 7) is 0. The Morgan fingerprint density at radius 1 is 0.692 bits per heavy atom. The van der Waals surface area contributed by atoms with Gasteiger partial charge >= 0.3 is 0 Å². The zero-order chi connectivity index (χ0) is 17.2. The normalized spacial score (nSPS) is 13.1. The number of nitrogens with one attached hydrogen (secondary N) is 1. The highest BCUT2D eigenvalue weighted by Gasteiger charge is 2.26. The van der Waals surface area contributed by atoms with E-state index >= 15 is 0 Å². The Morgan fingerprint density at radius 3 is 1.81 bits per heavy atom. The van der Waals surface area contributed by atoms with Crippen LogP contribution in [0.5, 0.6) is 0 Å². The summed E-state index contributed by atoms with van der Waals surface area (Å²) in [4.78, 5) is 0. The molecule has 132 valence electrons. The first-order valence-corrected chi connectivity index (χ1v) is 7.73. The predicted molar refractivity (Wildman–Crippen MR) is 101 cm³/mol. The summed E-state index contributed by atoms with van der Waals surface area (Å²) in [5.74, 6) is -0.00812. The molecule has 0 aromatic heterocycles. The lowest BCUT2D eigenvalue weighted by molar-refractivity contribution is 0.625. The fraction of sp³-hybridized carbons (Fsp3) is 0. The van der Waals surface area contributed by atoms with Crippen molar-refractivity contribution in [2.45, 2.75) is 0 Å². The minimum Gasteiger partial charge on any atom is -0.259 e. The number of halogens is 3. The van der Waals surface area contributed by atoms with E-state index in [4.69, 9.17) is 0 Å². The van der Waals surface area contributed by atoms with Gasteiger partial charge in [-0.05, 0) is 48.5 Å². The van der Waals surface area contributed by atoms with Crippen LogP contribution in [0.3, 0.4) is 0 Å². The van der Waals surface area contributed by atoms with Crippen molar-refractivity contribution in [1.29, 1.82) is 0 Å². The number of rotatable bonds is 3. The Morgan fingerprint density at radius 2 is 1.23 bits per heavy atom. The molecule has 0 atom stereocenters. The van der Waals surface area contributed by atoms with Gasteiger partial charge in [-0.15, -0.1) is 17.5 Å². The van der Waals surface area contributed by atoms with Crippen molar-refractivity contribution < 1.29 is 8.78 Å². The molecule has 3 aromatic carbocycles. The average molecular weight is 373 g/mol. The Labute approximate surface area is 155 Å². The van der Waals surface area contributed by atoms with E-state index in [-0.39, 0.29) is 24.0 Å². The molecule has 3 aromatic rings. The van der Waals surface area contributed by atoms with Gasteiger partial charge in [0.15, 0.2) is 5.84 Å². The second-order valence-electron chi connectivity index (χ2n) is 5.48. The second kappa shape index (κ2) is 7.41. The smallest absolute Gasteiger partial charge is 0.176 e. The van der Waals surface area contributed by atoms with Crippen LogP contribution < -0.4 is 15.7 Å². The second-order valence-corrected chi connectivity index (χ2v) is 5.48. The summed E-state index contributed by atoms with van der Waals surface area (Å²) in [6.07, 6.45) is 0. The van der Waals surface area contributed by atoms with Gasteiger partial charge in [-0.1, -0.05) is 30.3 Å². The highest BCUT2D eigenvalue weighted by molar-refractivity contribution is 6.02. The van der Waals surface area contributed by atoms with Gasteiger partial charge in [-0.3, -0.25) is 5.43 Å². The Kier molecular flexibility index (Phi) is 5.04. The lowest BCUT2D eigenvalue weighted by atomic mass is 10.2. The molecule has 0 unspecified atom stereocenters. The van der Waals surface area contributed by atoms with E-state index < -0.39 is 0 Å². The van der Waals surface area contributed by atoms with Gasteiger partial charge in [0.1, 0.15) is 11.6 Å². The summed E-state index contributed by atoms with van der Waals surface area (Å²) < 4.78 is 26.5. The highest BCUT2D eigenvalue weighted by Crippen LogP contribution is 2.26. The Balaban J connectivity index is 0.00000196. The van der Waals surface area contributed by atoms with E-state index in [2.05, 4.69) is 10.5 Å². The number of nitrogens with zero attached hydrogens (tertiary/aromatic N) is 3. The van der Waals surface area contributed by atoms with E-state index in [1.54, 1.807) is 34.5 Å². The van der Waals surface area contributed by atoms with Crippen LogP contribution in [0.4, 0.5) is 20.2 Å². The molecule has 4 nitrogen and oxygen atoms in total. The number of hydrazine groups is 2. The van der Waals surface area contributed by atoms with Crippen molar-refractivity contribution in [2.75, 3.05) is 10.2 Å².